The van der Waals surface area contributed by atoms with Gasteiger partial charge in [-0.3, -0.25) is 4.79 Å². The molecule has 0 spiro atoms. The molecule has 0 aliphatic carbocycles. The Morgan fingerprint density at radius 2 is 2.00 bits per heavy atom. The lowest BCUT2D eigenvalue weighted by atomic mass is 10.3. The molecule has 1 aromatic heterocycles. The summed E-state index contributed by atoms with van der Waals surface area (Å²) >= 11 is 0. The molecule has 1 aromatic rings. The number of anilines is 1. The number of hydrogen-bond acceptors (Lipinski definition) is 3. The minimum atomic E-state index is 0. The van der Waals surface area contributed by atoms with Crippen LogP contribution in [0.1, 0.15) is 13.3 Å². The van der Waals surface area contributed by atoms with Crippen molar-refractivity contribution in [3.05, 3.63) is 12.4 Å². The normalized spacial score (nSPS) is 15.6. The molecule has 17 heavy (non-hydrogen) atoms. The summed E-state index contributed by atoms with van der Waals surface area (Å²) < 4.78 is 2.01. The van der Waals surface area contributed by atoms with Gasteiger partial charge in [0.15, 0.2) is 0 Å². The molecular formula is C11H19ClN4O. The first-order chi connectivity index (χ1) is 7.72. The first-order valence-corrected chi connectivity index (χ1v) is 5.72. The highest BCUT2D eigenvalue weighted by Crippen LogP contribution is 2.13. The van der Waals surface area contributed by atoms with Crippen LogP contribution in [-0.2, 0) is 11.8 Å². The highest BCUT2D eigenvalue weighted by molar-refractivity contribution is 5.85. The molecule has 2 heterocycles. The van der Waals surface area contributed by atoms with Crippen LogP contribution < -0.4 is 4.90 Å². The van der Waals surface area contributed by atoms with E-state index in [-0.39, 0.29) is 18.3 Å². The molecule has 1 saturated heterocycles. The third kappa shape index (κ3) is 2.91. The lowest BCUT2D eigenvalue weighted by Crippen LogP contribution is -2.49. The number of carbonyl (C=O) groups is 1. The highest BCUT2D eigenvalue weighted by atomic mass is 35.5. The number of piperazine rings is 1. The van der Waals surface area contributed by atoms with Gasteiger partial charge < -0.3 is 14.4 Å². The van der Waals surface area contributed by atoms with Crippen LogP contribution in [0.5, 0.6) is 0 Å². The van der Waals surface area contributed by atoms with Gasteiger partial charge in [-0.2, -0.15) is 0 Å². The second-order valence-corrected chi connectivity index (χ2v) is 4.06. The third-order valence-corrected chi connectivity index (χ3v) is 3.01. The van der Waals surface area contributed by atoms with E-state index in [9.17, 15) is 4.79 Å². The van der Waals surface area contributed by atoms with Crippen molar-refractivity contribution in [2.75, 3.05) is 31.1 Å². The summed E-state index contributed by atoms with van der Waals surface area (Å²) in [5.74, 6) is 1.24. The molecule has 5 nitrogen and oxygen atoms in total. The average molecular weight is 259 g/mol. The third-order valence-electron chi connectivity index (χ3n) is 3.01. The summed E-state index contributed by atoms with van der Waals surface area (Å²) in [4.78, 5) is 20.0. The van der Waals surface area contributed by atoms with Gasteiger partial charge in [-0.05, 0) is 0 Å². The fraction of sp³-hybridized carbons (Fsp3) is 0.636. The molecule has 0 N–H and O–H groups in total. The van der Waals surface area contributed by atoms with Crippen molar-refractivity contribution in [3.8, 4) is 0 Å². The number of nitrogens with zero attached hydrogens (tertiary/aromatic N) is 4. The SMILES string of the molecule is CCC(=O)N1CCN(c2nccn2C)CC1.Cl. The number of imidazole rings is 1. The van der Waals surface area contributed by atoms with Gasteiger partial charge in [0.25, 0.3) is 0 Å². The molecule has 1 aliphatic rings. The number of carbonyl (C=O) groups excluding carboxylic acids is 1. The molecule has 0 unspecified atom stereocenters. The molecule has 0 atom stereocenters. The molecule has 0 aromatic carbocycles. The first-order valence-electron chi connectivity index (χ1n) is 5.72. The Balaban J connectivity index is 0.00000144. The van der Waals surface area contributed by atoms with E-state index in [1.165, 1.54) is 0 Å². The zero-order chi connectivity index (χ0) is 11.5. The van der Waals surface area contributed by atoms with Gasteiger partial charge in [-0.25, -0.2) is 4.98 Å². The molecular weight excluding hydrogens is 240 g/mol. The number of amides is 1. The van der Waals surface area contributed by atoms with Gasteiger partial charge in [0, 0.05) is 52.0 Å². The van der Waals surface area contributed by atoms with Crippen LogP contribution in [0.25, 0.3) is 0 Å². The molecule has 96 valence electrons. The lowest BCUT2D eigenvalue weighted by Gasteiger charge is -2.35. The zero-order valence-corrected chi connectivity index (χ0v) is 11.1. The topological polar surface area (TPSA) is 41.4 Å². The van der Waals surface area contributed by atoms with Crippen LogP contribution >= 0.6 is 12.4 Å². The maximum atomic E-state index is 11.5. The van der Waals surface area contributed by atoms with Crippen molar-refractivity contribution >= 4 is 24.3 Å². The Morgan fingerprint density at radius 1 is 1.35 bits per heavy atom. The second-order valence-electron chi connectivity index (χ2n) is 4.06. The Hall–Kier alpha value is -1.23. The van der Waals surface area contributed by atoms with Gasteiger partial charge in [-0.1, -0.05) is 6.92 Å². The standard InChI is InChI=1S/C11H18N4O.ClH/c1-3-10(16)14-6-8-15(9-7-14)11-12-4-5-13(11)2;/h4-5H,3,6-9H2,1-2H3;1H. The Bertz CT molecular complexity index is 371. The number of rotatable bonds is 2. The highest BCUT2D eigenvalue weighted by Gasteiger charge is 2.21. The van der Waals surface area contributed by atoms with Crippen LogP contribution in [0.15, 0.2) is 12.4 Å². The van der Waals surface area contributed by atoms with Crippen LogP contribution in [-0.4, -0.2) is 46.5 Å². The van der Waals surface area contributed by atoms with Crippen molar-refractivity contribution < 1.29 is 4.79 Å². The van der Waals surface area contributed by atoms with E-state index in [2.05, 4.69) is 9.88 Å². The Labute approximate surface area is 108 Å². The summed E-state index contributed by atoms with van der Waals surface area (Å²) in [7, 11) is 1.99. The number of aromatic nitrogens is 2. The fourth-order valence-electron chi connectivity index (χ4n) is 2.04. The molecule has 1 fully saturated rings. The Kier molecular flexibility index (Phi) is 4.81. The van der Waals surface area contributed by atoms with Crippen molar-refractivity contribution in [3.63, 3.8) is 0 Å². The van der Waals surface area contributed by atoms with E-state index in [1.54, 1.807) is 6.20 Å². The monoisotopic (exact) mass is 258 g/mol. The quantitative estimate of drug-likeness (QED) is 0.792. The maximum Gasteiger partial charge on any atom is 0.222 e. The number of halogens is 1. The molecule has 2 rings (SSSR count). The Morgan fingerprint density at radius 3 is 2.47 bits per heavy atom. The van der Waals surface area contributed by atoms with Gasteiger partial charge in [0.05, 0.1) is 0 Å². The predicted octanol–water partition coefficient (Wildman–Crippen LogP) is 0.900. The first kappa shape index (κ1) is 13.8. The summed E-state index contributed by atoms with van der Waals surface area (Å²) in [6.07, 6.45) is 4.35. The molecule has 6 heteroatoms. The maximum absolute atomic E-state index is 11.5. The zero-order valence-electron chi connectivity index (χ0n) is 10.3. The van der Waals surface area contributed by atoms with E-state index in [0.717, 1.165) is 32.1 Å². The molecule has 1 aliphatic heterocycles. The molecule has 0 saturated carbocycles. The van der Waals surface area contributed by atoms with Crippen molar-refractivity contribution in [1.82, 2.24) is 14.5 Å². The van der Waals surface area contributed by atoms with Crippen LogP contribution in [0.3, 0.4) is 0 Å². The van der Waals surface area contributed by atoms with Crippen LogP contribution in [0.4, 0.5) is 5.95 Å². The van der Waals surface area contributed by atoms with E-state index in [1.807, 2.05) is 29.6 Å². The lowest BCUT2D eigenvalue weighted by molar-refractivity contribution is -0.131. The molecule has 1 amide bonds. The van der Waals surface area contributed by atoms with E-state index in [4.69, 9.17) is 0 Å². The summed E-state index contributed by atoms with van der Waals surface area (Å²) in [5, 5.41) is 0. The van der Waals surface area contributed by atoms with E-state index < -0.39 is 0 Å². The van der Waals surface area contributed by atoms with Gasteiger partial charge >= 0.3 is 0 Å². The smallest absolute Gasteiger partial charge is 0.222 e. The summed E-state index contributed by atoms with van der Waals surface area (Å²) in [5.41, 5.74) is 0. The second kappa shape index (κ2) is 5.91. The van der Waals surface area contributed by atoms with Crippen molar-refractivity contribution in [1.29, 1.82) is 0 Å². The summed E-state index contributed by atoms with van der Waals surface area (Å²) in [6.45, 7) is 5.26. The van der Waals surface area contributed by atoms with Gasteiger partial charge in [-0.15, -0.1) is 12.4 Å². The predicted molar refractivity (Wildman–Crippen MR) is 69.5 cm³/mol. The van der Waals surface area contributed by atoms with Crippen molar-refractivity contribution in [2.24, 2.45) is 7.05 Å². The van der Waals surface area contributed by atoms with Gasteiger partial charge in [0.1, 0.15) is 0 Å². The average Bonchev–Trinajstić information content (AvgIpc) is 2.75. The van der Waals surface area contributed by atoms with E-state index >= 15 is 0 Å². The fourth-order valence-corrected chi connectivity index (χ4v) is 2.04. The van der Waals surface area contributed by atoms with Crippen molar-refractivity contribution in [2.45, 2.75) is 13.3 Å². The van der Waals surface area contributed by atoms with Crippen LogP contribution in [0.2, 0.25) is 0 Å². The van der Waals surface area contributed by atoms with Gasteiger partial charge in [0.2, 0.25) is 11.9 Å². The number of aryl methyl sites for hydroxylation is 1. The molecule has 0 radical (unpaired) electrons. The minimum Gasteiger partial charge on any atom is -0.339 e. The molecule has 0 bridgehead atoms. The minimum absolute atomic E-state index is 0. The van der Waals surface area contributed by atoms with E-state index in [0.29, 0.717) is 6.42 Å². The largest absolute Gasteiger partial charge is 0.339 e. The summed E-state index contributed by atoms with van der Waals surface area (Å²) in [6, 6.07) is 0. The number of hydrogen-bond donors (Lipinski definition) is 0. The van der Waals surface area contributed by atoms with Crippen LogP contribution in [0, 0.1) is 0 Å².